The first-order valence-electron chi connectivity index (χ1n) is 9.32. The molecule has 1 aliphatic heterocycles. The van der Waals surface area contributed by atoms with Crippen LogP contribution < -0.4 is 15.4 Å². The molecule has 1 amide bonds. The van der Waals surface area contributed by atoms with Gasteiger partial charge in [0.05, 0.1) is 26.1 Å². The number of fused-ring (bicyclic) bond motifs is 1. The number of ether oxygens (including phenoxy) is 2. The largest absolute Gasteiger partial charge is 0.493 e. The van der Waals surface area contributed by atoms with Crippen LogP contribution in [0.3, 0.4) is 0 Å². The predicted octanol–water partition coefficient (Wildman–Crippen LogP) is 2.10. The molecule has 1 aromatic carbocycles. The monoisotopic (exact) mass is 383 g/mol. The van der Waals surface area contributed by atoms with Crippen LogP contribution in [0.1, 0.15) is 23.2 Å². The lowest BCUT2D eigenvalue weighted by molar-refractivity contribution is -0.144. The first kappa shape index (κ1) is 19.7. The molecule has 2 N–H and O–H groups in total. The number of hydrogen-bond donors (Lipinski definition) is 2. The van der Waals surface area contributed by atoms with Crippen LogP contribution in [0.2, 0.25) is 0 Å². The number of hydrogen-bond acceptors (Lipinski definition) is 6. The van der Waals surface area contributed by atoms with Gasteiger partial charge in [-0.3, -0.25) is 9.59 Å². The van der Waals surface area contributed by atoms with E-state index in [0.29, 0.717) is 26.0 Å². The van der Waals surface area contributed by atoms with Crippen LogP contribution >= 0.6 is 0 Å². The Morgan fingerprint density at radius 1 is 1.29 bits per heavy atom. The summed E-state index contributed by atoms with van der Waals surface area (Å²) in [4.78, 5) is 28.3. The fourth-order valence-electron chi connectivity index (χ4n) is 3.22. The predicted molar refractivity (Wildman–Crippen MR) is 105 cm³/mol. The van der Waals surface area contributed by atoms with Crippen molar-refractivity contribution in [1.29, 1.82) is 0 Å². The number of aromatic nitrogens is 1. The van der Waals surface area contributed by atoms with Gasteiger partial charge in [-0.1, -0.05) is 12.1 Å². The normalized spacial score (nSPS) is 15.8. The van der Waals surface area contributed by atoms with E-state index in [1.807, 2.05) is 43.4 Å². The summed E-state index contributed by atoms with van der Waals surface area (Å²) in [5.74, 6) is 0.675. The number of amides is 1. The minimum Gasteiger partial charge on any atom is -0.493 e. The minimum atomic E-state index is -0.411. The molecule has 1 aromatic heterocycles. The van der Waals surface area contributed by atoms with Crippen molar-refractivity contribution >= 4 is 17.7 Å². The van der Waals surface area contributed by atoms with Gasteiger partial charge < -0.3 is 20.1 Å². The fourth-order valence-corrected chi connectivity index (χ4v) is 3.22. The van der Waals surface area contributed by atoms with Gasteiger partial charge >= 0.3 is 5.97 Å². The third-order valence-corrected chi connectivity index (χ3v) is 4.80. The Balaban J connectivity index is 1.61. The Morgan fingerprint density at radius 2 is 2.14 bits per heavy atom. The van der Waals surface area contributed by atoms with Crippen LogP contribution in [-0.4, -0.2) is 37.6 Å². The van der Waals surface area contributed by atoms with E-state index in [-0.39, 0.29) is 18.3 Å². The zero-order valence-electron chi connectivity index (χ0n) is 16.2. The van der Waals surface area contributed by atoms with Crippen LogP contribution in [0.4, 0.5) is 5.82 Å². The molecular formula is C21H25N3O4. The summed E-state index contributed by atoms with van der Waals surface area (Å²) in [7, 11) is 3.17. The topological polar surface area (TPSA) is 89.6 Å². The van der Waals surface area contributed by atoms with Crippen LogP contribution in [0.15, 0.2) is 36.4 Å². The second-order valence-electron chi connectivity index (χ2n) is 6.69. The maximum absolute atomic E-state index is 12.2. The number of rotatable bonds is 7. The summed E-state index contributed by atoms with van der Waals surface area (Å²) in [5.41, 5.74) is 3.01. The van der Waals surface area contributed by atoms with Crippen LogP contribution in [-0.2, 0) is 33.7 Å². The lowest BCUT2D eigenvalue weighted by Crippen LogP contribution is -2.30. The Labute approximate surface area is 164 Å². The van der Waals surface area contributed by atoms with Gasteiger partial charge in [0.25, 0.3) is 0 Å². The number of esters is 1. The molecule has 7 heteroatoms. The van der Waals surface area contributed by atoms with Crippen molar-refractivity contribution in [2.24, 2.45) is 5.92 Å². The molecule has 2 heterocycles. The highest BCUT2D eigenvalue weighted by molar-refractivity contribution is 5.84. The number of benzene rings is 1. The van der Waals surface area contributed by atoms with Crippen molar-refractivity contribution in [2.75, 3.05) is 26.1 Å². The standard InChI is InChI=1S/C21H25N3O4/c1-22-19-5-3-4-17(24-19)8-9-28-18-7-6-14-10-15(12-20(25)27-2)21(26)23-13-16(14)11-18/h3-7,11,15H,8-10,12-13H2,1-2H3,(H,22,24)(H,23,26). The molecule has 28 heavy (non-hydrogen) atoms. The summed E-state index contributed by atoms with van der Waals surface area (Å²) >= 11 is 0. The van der Waals surface area contributed by atoms with Crippen molar-refractivity contribution in [3.8, 4) is 5.75 Å². The molecule has 0 saturated heterocycles. The zero-order chi connectivity index (χ0) is 19.9. The Hall–Kier alpha value is -3.09. The Bertz CT molecular complexity index is 853. The molecule has 0 aliphatic carbocycles. The molecule has 148 valence electrons. The molecule has 2 aromatic rings. The maximum atomic E-state index is 12.2. The quantitative estimate of drug-likeness (QED) is 0.712. The minimum absolute atomic E-state index is 0.0820. The average Bonchev–Trinajstić information content (AvgIpc) is 2.87. The first-order chi connectivity index (χ1) is 13.6. The molecule has 0 saturated carbocycles. The number of carbonyl (C=O) groups is 2. The smallest absolute Gasteiger partial charge is 0.306 e. The van der Waals surface area contributed by atoms with Crippen LogP contribution in [0, 0.1) is 5.92 Å². The summed E-state index contributed by atoms with van der Waals surface area (Å²) in [6.07, 6.45) is 1.29. The number of anilines is 1. The van der Waals surface area contributed by atoms with E-state index in [9.17, 15) is 9.59 Å². The number of carbonyl (C=O) groups excluding carboxylic acids is 2. The highest BCUT2D eigenvalue weighted by Gasteiger charge is 2.26. The van der Waals surface area contributed by atoms with E-state index in [4.69, 9.17) is 9.47 Å². The van der Waals surface area contributed by atoms with E-state index in [1.165, 1.54) is 7.11 Å². The summed E-state index contributed by atoms with van der Waals surface area (Å²) < 4.78 is 10.6. The third kappa shape index (κ3) is 5.00. The van der Waals surface area contributed by atoms with Gasteiger partial charge in [-0.05, 0) is 41.8 Å². The lowest BCUT2D eigenvalue weighted by Gasteiger charge is -2.12. The summed E-state index contributed by atoms with van der Waals surface area (Å²) in [6.45, 7) is 0.936. The van der Waals surface area contributed by atoms with Crippen molar-refractivity contribution in [3.63, 3.8) is 0 Å². The van der Waals surface area contributed by atoms with Gasteiger partial charge in [0.15, 0.2) is 0 Å². The van der Waals surface area contributed by atoms with Gasteiger partial charge in [-0.15, -0.1) is 0 Å². The van der Waals surface area contributed by atoms with Gasteiger partial charge in [0.2, 0.25) is 5.91 Å². The average molecular weight is 383 g/mol. The van der Waals surface area contributed by atoms with E-state index in [2.05, 4.69) is 15.6 Å². The number of nitrogens with zero attached hydrogens (tertiary/aromatic N) is 1. The third-order valence-electron chi connectivity index (χ3n) is 4.80. The van der Waals surface area contributed by atoms with Gasteiger partial charge in [0, 0.05) is 25.7 Å². The molecule has 1 aliphatic rings. The lowest BCUT2D eigenvalue weighted by atomic mass is 9.94. The van der Waals surface area contributed by atoms with Crippen LogP contribution in [0.25, 0.3) is 0 Å². The summed E-state index contributed by atoms with van der Waals surface area (Å²) in [5, 5.41) is 5.91. The van der Waals surface area contributed by atoms with Crippen molar-refractivity contribution in [1.82, 2.24) is 10.3 Å². The fraction of sp³-hybridized carbons (Fsp3) is 0.381. The molecule has 1 atom stereocenters. The zero-order valence-corrected chi connectivity index (χ0v) is 16.2. The molecule has 3 rings (SSSR count). The molecule has 7 nitrogen and oxygen atoms in total. The van der Waals surface area contributed by atoms with E-state index >= 15 is 0 Å². The highest BCUT2D eigenvalue weighted by atomic mass is 16.5. The molecule has 1 unspecified atom stereocenters. The summed E-state index contributed by atoms with van der Waals surface area (Å²) in [6, 6.07) is 11.7. The Morgan fingerprint density at radius 3 is 2.93 bits per heavy atom. The van der Waals surface area contributed by atoms with Crippen molar-refractivity contribution < 1.29 is 19.1 Å². The number of pyridine rings is 1. The maximum Gasteiger partial charge on any atom is 0.306 e. The van der Waals surface area contributed by atoms with Crippen LogP contribution in [0.5, 0.6) is 5.75 Å². The van der Waals surface area contributed by atoms with E-state index in [0.717, 1.165) is 28.4 Å². The van der Waals surface area contributed by atoms with E-state index in [1.54, 1.807) is 0 Å². The van der Waals surface area contributed by atoms with Crippen molar-refractivity contribution in [3.05, 3.63) is 53.2 Å². The molecular weight excluding hydrogens is 358 g/mol. The molecule has 0 radical (unpaired) electrons. The molecule has 0 fully saturated rings. The van der Waals surface area contributed by atoms with Gasteiger partial charge in [-0.25, -0.2) is 4.98 Å². The highest BCUT2D eigenvalue weighted by Crippen LogP contribution is 2.25. The SMILES string of the molecule is CNc1cccc(CCOc2ccc3c(c2)CNC(=O)C(CC(=O)OC)C3)n1. The second-order valence-corrected chi connectivity index (χ2v) is 6.69. The van der Waals surface area contributed by atoms with Gasteiger partial charge in [0.1, 0.15) is 11.6 Å². The number of methoxy groups -OCH3 is 1. The first-order valence-corrected chi connectivity index (χ1v) is 9.32. The Kier molecular flexibility index (Phi) is 6.47. The number of nitrogens with one attached hydrogen (secondary N) is 2. The van der Waals surface area contributed by atoms with E-state index < -0.39 is 5.92 Å². The molecule has 0 bridgehead atoms. The van der Waals surface area contributed by atoms with Crippen molar-refractivity contribution in [2.45, 2.75) is 25.8 Å². The molecule has 0 spiro atoms. The second kappa shape index (κ2) is 9.21. The van der Waals surface area contributed by atoms with Gasteiger partial charge in [-0.2, -0.15) is 0 Å².